The molecule has 0 radical (unpaired) electrons. The molecule has 0 saturated heterocycles. The van der Waals surface area contributed by atoms with E-state index in [4.69, 9.17) is 0 Å². The van der Waals surface area contributed by atoms with Gasteiger partial charge in [0, 0.05) is 14.5 Å². The lowest BCUT2D eigenvalue weighted by atomic mass is 10.1. The van der Waals surface area contributed by atoms with Gasteiger partial charge < -0.3 is 4.79 Å². The molecule has 0 bridgehead atoms. The summed E-state index contributed by atoms with van der Waals surface area (Å²) in [5.41, 5.74) is 0.705. The van der Waals surface area contributed by atoms with Crippen LogP contribution in [0.4, 0.5) is 0 Å². The van der Waals surface area contributed by atoms with E-state index in [1.807, 2.05) is 0 Å². The molecule has 0 fully saturated rings. The van der Waals surface area contributed by atoms with Crippen molar-refractivity contribution in [2.24, 2.45) is 0 Å². The standard InChI is InChI=1S/C12H26OSi/c1-5-6-7-8-9-12(10-11-13)14(2,3)4/h11-12H,5-10H2,1-4H3/t12-/m0/s1. The van der Waals surface area contributed by atoms with Gasteiger partial charge in [0.25, 0.3) is 0 Å². The molecule has 1 nitrogen and oxygen atoms in total. The van der Waals surface area contributed by atoms with Crippen molar-refractivity contribution in [2.75, 3.05) is 0 Å². The van der Waals surface area contributed by atoms with E-state index in [1.54, 1.807) is 0 Å². The zero-order valence-corrected chi connectivity index (χ0v) is 11.3. The average Bonchev–Trinajstić information content (AvgIpc) is 2.08. The Labute approximate surface area is 90.3 Å². The minimum absolute atomic E-state index is 0.705. The number of carbonyl (C=O) groups is 1. The van der Waals surface area contributed by atoms with Crippen molar-refractivity contribution >= 4 is 14.4 Å². The molecule has 0 spiro atoms. The predicted octanol–water partition coefficient (Wildman–Crippen LogP) is 4.25. The van der Waals surface area contributed by atoms with E-state index in [-0.39, 0.29) is 0 Å². The summed E-state index contributed by atoms with van der Waals surface area (Å²) < 4.78 is 0. The fourth-order valence-electron chi connectivity index (χ4n) is 1.84. The van der Waals surface area contributed by atoms with E-state index in [0.717, 1.165) is 12.7 Å². The van der Waals surface area contributed by atoms with Gasteiger partial charge in [0.1, 0.15) is 6.29 Å². The Bertz CT molecular complexity index is 149. The molecule has 0 N–H and O–H groups in total. The van der Waals surface area contributed by atoms with Crippen LogP contribution in [0.15, 0.2) is 0 Å². The third-order valence-corrected chi connectivity index (χ3v) is 5.99. The number of hydrogen-bond acceptors (Lipinski definition) is 1. The molecule has 14 heavy (non-hydrogen) atoms. The van der Waals surface area contributed by atoms with E-state index in [1.165, 1.54) is 32.1 Å². The SMILES string of the molecule is CCCCCC[C@@H](CC=O)[Si](C)(C)C. The lowest BCUT2D eigenvalue weighted by Gasteiger charge is -2.27. The highest BCUT2D eigenvalue weighted by molar-refractivity contribution is 6.77. The minimum Gasteiger partial charge on any atom is -0.303 e. The molecular formula is C12H26OSi. The molecule has 1 atom stereocenters. The van der Waals surface area contributed by atoms with Gasteiger partial charge in [0.2, 0.25) is 0 Å². The second-order valence-electron chi connectivity index (χ2n) is 5.31. The molecule has 84 valence electrons. The second kappa shape index (κ2) is 7.21. The monoisotopic (exact) mass is 214 g/mol. The Balaban J connectivity index is 3.80. The summed E-state index contributed by atoms with van der Waals surface area (Å²) in [5.74, 6) is 0. The van der Waals surface area contributed by atoms with Crippen molar-refractivity contribution in [2.45, 2.75) is 70.6 Å². The molecule has 0 saturated carbocycles. The van der Waals surface area contributed by atoms with Gasteiger partial charge in [-0.05, 0) is 5.54 Å². The lowest BCUT2D eigenvalue weighted by Crippen LogP contribution is -2.28. The van der Waals surface area contributed by atoms with Crippen molar-refractivity contribution in [1.29, 1.82) is 0 Å². The fraction of sp³-hybridized carbons (Fsp3) is 0.917. The van der Waals surface area contributed by atoms with Gasteiger partial charge in [0.05, 0.1) is 0 Å². The maximum atomic E-state index is 10.6. The largest absolute Gasteiger partial charge is 0.303 e. The Morgan fingerprint density at radius 3 is 2.21 bits per heavy atom. The number of carbonyl (C=O) groups excluding carboxylic acids is 1. The zero-order valence-electron chi connectivity index (χ0n) is 10.3. The van der Waals surface area contributed by atoms with Gasteiger partial charge in [-0.1, -0.05) is 58.7 Å². The molecule has 0 aliphatic carbocycles. The third-order valence-electron chi connectivity index (χ3n) is 3.01. The molecule has 0 rings (SSSR count). The van der Waals surface area contributed by atoms with Gasteiger partial charge in [0.15, 0.2) is 0 Å². The van der Waals surface area contributed by atoms with Gasteiger partial charge in [-0.3, -0.25) is 0 Å². The first-order valence-corrected chi connectivity index (χ1v) is 9.53. The van der Waals surface area contributed by atoms with Crippen LogP contribution in [-0.4, -0.2) is 14.4 Å². The molecule has 0 heterocycles. The number of hydrogen-bond donors (Lipinski definition) is 0. The van der Waals surface area contributed by atoms with E-state index >= 15 is 0 Å². The predicted molar refractivity (Wildman–Crippen MR) is 66.5 cm³/mol. The normalized spacial score (nSPS) is 14.0. The van der Waals surface area contributed by atoms with Gasteiger partial charge >= 0.3 is 0 Å². The molecule has 0 aromatic carbocycles. The molecule has 0 aliphatic rings. The van der Waals surface area contributed by atoms with Crippen molar-refractivity contribution in [3.05, 3.63) is 0 Å². The lowest BCUT2D eigenvalue weighted by molar-refractivity contribution is -0.107. The van der Waals surface area contributed by atoms with Crippen LogP contribution in [0, 0.1) is 0 Å². The summed E-state index contributed by atoms with van der Waals surface area (Å²) in [6.07, 6.45) is 8.48. The highest BCUT2D eigenvalue weighted by atomic mass is 28.3. The van der Waals surface area contributed by atoms with Crippen LogP contribution < -0.4 is 0 Å². The highest BCUT2D eigenvalue weighted by Crippen LogP contribution is 2.30. The fourth-order valence-corrected chi connectivity index (χ4v) is 3.71. The minimum atomic E-state index is -1.10. The number of rotatable bonds is 8. The van der Waals surface area contributed by atoms with Crippen LogP contribution in [0.1, 0.15) is 45.4 Å². The van der Waals surface area contributed by atoms with Crippen molar-refractivity contribution in [3.8, 4) is 0 Å². The Morgan fingerprint density at radius 1 is 1.14 bits per heavy atom. The maximum Gasteiger partial charge on any atom is 0.119 e. The second-order valence-corrected chi connectivity index (χ2v) is 10.9. The van der Waals surface area contributed by atoms with Crippen LogP contribution in [0.2, 0.25) is 25.2 Å². The number of unbranched alkanes of at least 4 members (excludes halogenated alkanes) is 3. The Hall–Kier alpha value is -0.113. The Morgan fingerprint density at radius 2 is 1.79 bits per heavy atom. The van der Waals surface area contributed by atoms with E-state index in [2.05, 4.69) is 26.6 Å². The summed E-state index contributed by atoms with van der Waals surface area (Å²) in [4.78, 5) is 10.6. The summed E-state index contributed by atoms with van der Waals surface area (Å²) in [5, 5.41) is 0. The van der Waals surface area contributed by atoms with Crippen LogP contribution >= 0.6 is 0 Å². The van der Waals surface area contributed by atoms with Crippen molar-refractivity contribution in [1.82, 2.24) is 0 Å². The van der Waals surface area contributed by atoms with Gasteiger partial charge in [-0.15, -0.1) is 0 Å². The quantitative estimate of drug-likeness (QED) is 0.335. The zero-order chi connectivity index (χ0) is 11.0. The molecule has 0 aromatic heterocycles. The first-order chi connectivity index (χ1) is 6.52. The highest BCUT2D eigenvalue weighted by Gasteiger charge is 2.25. The average molecular weight is 214 g/mol. The first-order valence-electron chi connectivity index (χ1n) is 5.96. The first kappa shape index (κ1) is 13.9. The van der Waals surface area contributed by atoms with Crippen LogP contribution in [-0.2, 0) is 4.79 Å². The van der Waals surface area contributed by atoms with E-state index in [9.17, 15) is 4.79 Å². The van der Waals surface area contributed by atoms with Crippen LogP contribution in [0.5, 0.6) is 0 Å². The van der Waals surface area contributed by atoms with Gasteiger partial charge in [-0.25, -0.2) is 0 Å². The molecule has 0 unspecified atom stereocenters. The summed E-state index contributed by atoms with van der Waals surface area (Å²) in [6.45, 7) is 9.37. The van der Waals surface area contributed by atoms with E-state index < -0.39 is 8.07 Å². The molecule has 0 amide bonds. The van der Waals surface area contributed by atoms with E-state index in [0.29, 0.717) is 5.54 Å². The summed E-state index contributed by atoms with van der Waals surface area (Å²) in [7, 11) is -1.10. The molecule has 0 aromatic rings. The topological polar surface area (TPSA) is 17.1 Å². The van der Waals surface area contributed by atoms with Crippen LogP contribution in [0.3, 0.4) is 0 Å². The summed E-state index contributed by atoms with van der Waals surface area (Å²) in [6, 6.07) is 0. The smallest absolute Gasteiger partial charge is 0.119 e. The van der Waals surface area contributed by atoms with Crippen LogP contribution in [0.25, 0.3) is 0 Å². The van der Waals surface area contributed by atoms with Crippen molar-refractivity contribution < 1.29 is 4.79 Å². The maximum absolute atomic E-state index is 10.6. The summed E-state index contributed by atoms with van der Waals surface area (Å²) >= 11 is 0. The van der Waals surface area contributed by atoms with Crippen molar-refractivity contribution in [3.63, 3.8) is 0 Å². The molecular weight excluding hydrogens is 188 g/mol. The number of aldehydes is 1. The third kappa shape index (κ3) is 6.36. The molecule has 0 aliphatic heterocycles. The van der Waals surface area contributed by atoms with Gasteiger partial charge in [-0.2, -0.15) is 0 Å². The molecule has 2 heteroatoms. The Kier molecular flexibility index (Phi) is 7.16.